The highest BCUT2D eigenvalue weighted by molar-refractivity contribution is 6.30. The minimum Gasteiger partial charge on any atom is -0.379 e. The molecule has 132 valence electrons. The van der Waals surface area contributed by atoms with Crippen LogP contribution in [0.25, 0.3) is 0 Å². The smallest absolute Gasteiger partial charge is 0.224 e. The molecule has 3 rings (SSSR count). The van der Waals surface area contributed by atoms with Crippen molar-refractivity contribution in [3.8, 4) is 0 Å². The molecule has 2 aromatic rings. The van der Waals surface area contributed by atoms with E-state index >= 15 is 0 Å². The van der Waals surface area contributed by atoms with Gasteiger partial charge in [0, 0.05) is 11.6 Å². The third-order valence-corrected chi connectivity index (χ3v) is 4.45. The monoisotopic (exact) mass is 359 g/mol. The predicted octanol–water partition coefficient (Wildman–Crippen LogP) is 3.37. The van der Waals surface area contributed by atoms with Crippen LogP contribution in [0.5, 0.6) is 0 Å². The Labute approximate surface area is 153 Å². The normalized spacial score (nSPS) is 20.2. The summed E-state index contributed by atoms with van der Waals surface area (Å²) in [7, 11) is 0. The van der Waals surface area contributed by atoms with E-state index in [0.29, 0.717) is 31.3 Å². The van der Waals surface area contributed by atoms with Crippen molar-refractivity contribution in [3.63, 3.8) is 0 Å². The molecule has 1 saturated heterocycles. The maximum absolute atomic E-state index is 12.4. The Morgan fingerprint density at radius 2 is 1.96 bits per heavy atom. The third kappa shape index (κ3) is 5.56. The SMILES string of the molecule is O=C(Cc1cccc(Cl)c1)NC1CCOCC1OCc1ccccc1. The standard InChI is InChI=1S/C20H22ClNO3/c21-17-8-4-7-16(11-17)12-20(23)22-18-9-10-24-14-19(18)25-13-15-5-2-1-3-6-15/h1-8,11,18-19H,9-10,12-14H2,(H,22,23). The van der Waals surface area contributed by atoms with Gasteiger partial charge >= 0.3 is 0 Å². The second-order valence-electron chi connectivity index (χ2n) is 6.18. The number of carbonyl (C=O) groups is 1. The highest BCUT2D eigenvalue weighted by atomic mass is 35.5. The van der Waals surface area contributed by atoms with Gasteiger partial charge in [0.2, 0.25) is 5.91 Å². The van der Waals surface area contributed by atoms with Crippen molar-refractivity contribution in [2.45, 2.75) is 31.6 Å². The molecule has 0 saturated carbocycles. The average molecular weight is 360 g/mol. The molecule has 1 amide bonds. The fourth-order valence-electron chi connectivity index (χ4n) is 2.91. The maximum Gasteiger partial charge on any atom is 0.224 e. The van der Waals surface area contributed by atoms with E-state index in [2.05, 4.69) is 5.32 Å². The number of carbonyl (C=O) groups excluding carboxylic acids is 1. The van der Waals surface area contributed by atoms with Crippen molar-refractivity contribution >= 4 is 17.5 Å². The molecule has 1 heterocycles. The Hall–Kier alpha value is -1.88. The zero-order chi connectivity index (χ0) is 17.5. The van der Waals surface area contributed by atoms with Crippen LogP contribution in [-0.2, 0) is 27.3 Å². The van der Waals surface area contributed by atoms with Gasteiger partial charge in [0.25, 0.3) is 0 Å². The van der Waals surface area contributed by atoms with E-state index in [1.807, 2.05) is 48.5 Å². The van der Waals surface area contributed by atoms with E-state index in [0.717, 1.165) is 17.5 Å². The molecular weight excluding hydrogens is 338 g/mol. The Kier molecular flexibility index (Phi) is 6.45. The third-order valence-electron chi connectivity index (χ3n) is 4.21. The predicted molar refractivity (Wildman–Crippen MR) is 97.5 cm³/mol. The fraction of sp³-hybridized carbons (Fsp3) is 0.350. The lowest BCUT2D eigenvalue weighted by atomic mass is 10.0. The van der Waals surface area contributed by atoms with Gasteiger partial charge in [-0.05, 0) is 29.7 Å². The molecule has 1 aliphatic rings. The van der Waals surface area contributed by atoms with E-state index in [1.165, 1.54) is 0 Å². The first-order valence-corrected chi connectivity index (χ1v) is 8.85. The van der Waals surface area contributed by atoms with Crippen LogP contribution in [0.2, 0.25) is 5.02 Å². The van der Waals surface area contributed by atoms with Gasteiger partial charge in [0.1, 0.15) is 6.10 Å². The van der Waals surface area contributed by atoms with Crippen molar-refractivity contribution in [1.82, 2.24) is 5.32 Å². The Balaban J connectivity index is 1.54. The molecule has 1 aliphatic heterocycles. The molecule has 5 heteroatoms. The van der Waals surface area contributed by atoms with Crippen LogP contribution < -0.4 is 5.32 Å². The van der Waals surface area contributed by atoms with Gasteiger partial charge in [0.15, 0.2) is 0 Å². The minimum atomic E-state index is -0.141. The average Bonchev–Trinajstić information content (AvgIpc) is 2.62. The Morgan fingerprint density at radius 1 is 1.16 bits per heavy atom. The number of nitrogens with one attached hydrogen (secondary N) is 1. The van der Waals surface area contributed by atoms with Crippen molar-refractivity contribution < 1.29 is 14.3 Å². The van der Waals surface area contributed by atoms with Crippen LogP contribution in [0.3, 0.4) is 0 Å². The lowest BCUT2D eigenvalue weighted by Gasteiger charge is -2.32. The van der Waals surface area contributed by atoms with Gasteiger partial charge in [-0.25, -0.2) is 0 Å². The molecular formula is C20H22ClNO3. The topological polar surface area (TPSA) is 47.6 Å². The van der Waals surface area contributed by atoms with Crippen molar-refractivity contribution in [2.24, 2.45) is 0 Å². The molecule has 0 aromatic heterocycles. The van der Waals surface area contributed by atoms with Crippen LogP contribution in [0, 0.1) is 0 Å². The summed E-state index contributed by atoms with van der Waals surface area (Å²) in [6, 6.07) is 17.3. The quantitative estimate of drug-likeness (QED) is 0.860. The van der Waals surface area contributed by atoms with E-state index in [1.54, 1.807) is 6.07 Å². The summed E-state index contributed by atoms with van der Waals surface area (Å²) in [5.41, 5.74) is 2.01. The highest BCUT2D eigenvalue weighted by Crippen LogP contribution is 2.15. The lowest BCUT2D eigenvalue weighted by Crippen LogP contribution is -2.50. The largest absolute Gasteiger partial charge is 0.379 e. The van der Waals surface area contributed by atoms with E-state index < -0.39 is 0 Å². The molecule has 0 aliphatic carbocycles. The summed E-state index contributed by atoms with van der Waals surface area (Å²) in [6.45, 7) is 1.64. The van der Waals surface area contributed by atoms with Gasteiger partial charge in [-0.1, -0.05) is 54.1 Å². The Morgan fingerprint density at radius 3 is 2.76 bits per heavy atom. The first kappa shape index (κ1) is 17.9. The van der Waals surface area contributed by atoms with Crippen molar-refractivity contribution in [3.05, 3.63) is 70.7 Å². The number of rotatable bonds is 6. The highest BCUT2D eigenvalue weighted by Gasteiger charge is 2.28. The van der Waals surface area contributed by atoms with Crippen LogP contribution in [-0.4, -0.2) is 31.3 Å². The first-order valence-electron chi connectivity index (χ1n) is 8.48. The summed E-state index contributed by atoms with van der Waals surface area (Å²) < 4.78 is 11.5. The summed E-state index contributed by atoms with van der Waals surface area (Å²) in [5, 5.41) is 3.73. The number of halogens is 1. The number of hydrogen-bond donors (Lipinski definition) is 1. The summed E-state index contributed by atoms with van der Waals surface area (Å²) in [5.74, 6) is -0.0255. The molecule has 1 N–H and O–H groups in total. The summed E-state index contributed by atoms with van der Waals surface area (Å²) >= 11 is 5.97. The Bertz CT molecular complexity index is 692. The fourth-order valence-corrected chi connectivity index (χ4v) is 3.12. The molecule has 0 spiro atoms. The lowest BCUT2D eigenvalue weighted by molar-refractivity contribution is -0.126. The molecule has 1 fully saturated rings. The molecule has 0 radical (unpaired) electrons. The summed E-state index contributed by atoms with van der Waals surface area (Å²) in [4.78, 5) is 12.4. The van der Waals surface area contributed by atoms with E-state index in [9.17, 15) is 4.79 Å². The van der Waals surface area contributed by atoms with Gasteiger partial charge in [-0.3, -0.25) is 4.79 Å². The second-order valence-corrected chi connectivity index (χ2v) is 6.62. The van der Waals surface area contributed by atoms with E-state index in [4.69, 9.17) is 21.1 Å². The summed E-state index contributed by atoms with van der Waals surface area (Å²) in [6.07, 6.45) is 0.918. The maximum atomic E-state index is 12.4. The molecule has 0 bridgehead atoms. The van der Waals surface area contributed by atoms with E-state index in [-0.39, 0.29) is 18.1 Å². The zero-order valence-corrected chi connectivity index (χ0v) is 14.7. The number of amides is 1. The van der Waals surface area contributed by atoms with Crippen molar-refractivity contribution in [2.75, 3.05) is 13.2 Å². The number of hydrogen-bond acceptors (Lipinski definition) is 3. The van der Waals surface area contributed by atoms with Crippen LogP contribution in [0.1, 0.15) is 17.5 Å². The molecule has 2 unspecified atom stereocenters. The molecule has 2 atom stereocenters. The van der Waals surface area contributed by atoms with Gasteiger partial charge in [-0.15, -0.1) is 0 Å². The molecule has 4 nitrogen and oxygen atoms in total. The van der Waals surface area contributed by atoms with Crippen LogP contribution >= 0.6 is 11.6 Å². The molecule has 25 heavy (non-hydrogen) atoms. The van der Waals surface area contributed by atoms with Crippen molar-refractivity contribution in [1.29, 1.82) is 0 Å². The van der Waals surface area contributed by atoms with Gasteiger partial charge in [-0.2, -0.15) is 0 Å². The first-order chi connectivity index (χ1) is 12.2. The number of benzene rings is 2. The van der Waals surface area contributed by atoms with Crippen LogP contribution in [0.4, 0.5) is 0 Å². The van der Waals surface area contributed by atoms with Crippen LogP contribution in [0.15, 0.2) is 54.6 Å². The minimum absolute atomic E-state index is 0.0255. The molecule has 2 aromatic carbocycles. The van der Waals surface area contributed by atoms with Gasteiger partial charge < -0.3 is 14.8 Å². The van der Waals surface area contributed by atoms with Gasteiger partial charge in [0.05, 0.1) is 25.7 Å². The zero-order valence-electron chi connectivity index (χ0n) is 14.0. The second kappa shape index (κ2) is 8.99. The number of ether oxygens (including phenoxy) is 2.